The van der Waals surface area contributed by atoms with Crippen molar-refractivity contribution in [2.75, 3.05) is 12.4 Å². The second kappa shape index (κ2) is 6.11. The lowest BCUT2D eigenvalue weighted by molar-refractivity contribution is 0.0940. The molecule has 8 heteroatoms. The van der Waals surface area contributed by atoms with Crippen LogP contribution in [-0.4, -0.2) is 36.5 Å². The van der Waals surface area contributed by atoms with Gasteiger partial charge in [-0.3, -0.25) is 9.48 Å². The average Bonchev–Trinajstić information content (AvgIpc) is 2.95. The fourth-order valence-electron chi connectivity index (χ4n) is 2.70. The van der Waals surface area contributed by atoms with Gasteiger partial charge in [0.2, 0.25) is 0 Å². The van der Waals surface area contributed by atoms with Crippen molar-refractivity contribution in [2.45, 2.75) is 18.3 Å². The zero-order chi connectivity index (χ0) is 16.4. The molecule has 2 aromatic rings. The summed E-state index contributed by atoms with van der Waals surface area (Å²) >= 11 is 0. The molecule has 1 atom stereocenters. The summed E-state index contributed by atoms with van der Waals surface area (Å²) in [5.41, 5.74) is 1.79. The van der Waals surface area contributed by atoms with E-state index < -0.39 is 28.5 Å². The molecule has 3 rings (SSSR count). The standard InChI is InChI=1S/C15H16FN3O3S/c16-5-6-19-8-12(7-17-19)15(20)18-14-10-23(21,22)9-11-3-1-2-4-13(11)14/h1-4,7-8,14H,5-6,9-10H2,(H,18,20)/t14-/m0/s1. The van der Waals surface area contributed by atoms with Crippen molar-refractivity contribution in [3.8, 4) is 0 Å². The van der Waals surface area contributed by atoms with Crippen LogP contribution in [0.4, 0.5) is 4.39 Å². The molecule has 0 saturated heterocycles. The van der Waals surface area contributed by atoms with Crippen molar-refractivity contribution < 1.29 is 17.6 Å². The molecule has 122 valence electrons. The van der Waals surface area contributed by atoms with Gasteiger partial charge in [0, 0.05) is 6.20 Å². The molecule has 1 aromatic heterocycles. The fourth-order valence-corrected chi connectivity index (χ4v) is 4.32. The molecule has 1 amide bonds. The molecule has 2 heterocycles. The van der Waals surface area contributed by atoms with Crippen LogP contribution < -0.4 is 5.32 Å². The summed E-state index contributed by atoms with van der Waals surface area (Å²) in [6, 6.07) is 6.57. The lowest BCUT2D eigenvalue weighted by Gasteiger charge is -2.26. The molecule has 1 aliphatic heterocycles. The number of alkyl halides is 1. The molecule has 23 heavy (non-hydrogen) atoms. The molecule has 6 nitrogen and oxygen atoms in total. The number of sulfone groups is 1. The largest absolute Gasteiger partial charge is 0.344 e. The third-order valence-corrected chi connectivity index (χ3v) is 5.33. The minimum absolute atomic E-state index is 0.00994. The maximum Gasteiger partial charge on any atom is 0.254 e. The summed E-state index contributed by atoms with van der Waals surface area (Å²) in [6.07, 6.45) is 2.78. The molecule has 0 saturated carbocycles. The third kappa shape index (κ3) is 3.42. The maximum atomic E-state index is 12.3. The molecule has 1 N–H and O–H groups in total. The quantitative estimate of drug-likeness (QED) is 0.910. The van der Waals surface area contributed by atoms with E-state index >= 15 is 0 Å². The Balaban J connectivity index is 1.82. The lowest BCUT2D eigenvalue weighted by atomic mass is 10.0. The molecule has 1 aromatic carbocycles. The van der Waals surface area contributed by atoms with Crippen LogP contribution in [0.3, 0.4) is 0 Å². The van der Waals surface area contributed by atoms with Crippen molar-refractivity contribution in [2.24, 2.45) is 0 Å². The van der Waals surface area contributed by atoms with Crippen molar-refractivity contribution in [3.63, 3.8) is 0 Å². The van der Waals surface area contributed by atoms with Gasteiger partial charge in [-0.25, -0.2) is 12.8 Å². The van der Waals surface area contributed by atoms with Crippen LogP contribution in [-0.2, 0) is 22.1 Å². The van der Waals surface area contributed by atoms with E-state index in [-0.39, 0.29) is 23.6 Å². The molecule has 1 aliphatic rings. The van der Waals surface area contributed by atoms with E-state index in [1.165, 1.54) is 17.1 Å². The van der Waals surface area contributed by atoms with Gasteiger partial charge in [-0.1, -0.05) is 24.3 Å². The van der Waals surface area contributed by atoms with E-state index in [2.05, 4.69) is 10.4 Å². The predicted octanol–water partition coefficient (Wildman–Crippen LogP) is 1.25. The normalized spacial score (nSPS) is 19.1. The summed E-state index contributed by atoms with van der Waals surface area (Å²) in [6.45, 7) is -0.495. The van der Waals surface area contributed by atoms with Crippen LogP contribution in [0.15, 0.2) is 36.7 Å². The highest BCUT2D eigenvalue weighted by Gasteiger charge is 2.30. The van der Waals surface area contributed by atoms with E-state index in [0.717, 1.165) is 5.56 Å². The Morgan fingerprint density at radius 3 is 2.96 bits per heavy atom. The number of nitrogens with one attached hydrogen (secondary N) is 1. The second-order valence-electron chi connectivity index (χ2n) is 5.46. The summed E-state index contributed by atoms with van der Waals surface area (Å²) in [5.74, 6) is -0.565. The number of carbonyl (C=O) groups excluding carboxylic acids is 1. The van der Waals surface area contributed by atoms with Crippen LogP contribution in [0.2, 0.25) is 0 Å². The van der Waals surface area contributed by atoms with Crippen LogP contribution in [0.1, 0.15) is 27.5 Å². The molecule has 0 aliphatic carbocycles. The van der Waals surface area contributed by atoms with Gasteiger partial charge >= 0.3 is 0 Å². The molecule has 0 spiro atoms. The van der Waals surface area contributed by atoms with E-state index in [1.54, 1.807) is 12.1 Å². The fraction of sp³-hybridized carbons (Fsp3) is 0.333. The average molecular weight is 337 g/mol. The monoisotopic (exact) mass is 337 g/mol. The highest BCUT2D eigenvalue weighted by atomic mass is 32.2. The lowest BCUT2D eigenvalue weighted by Crippen LogP contribution is -2.36. The Hall–Kier alpha value is -2.22. The highest BCUT2D eigenvalue weighted by Crippen LogP contribution is 2.28. The summed E-state index contributed by atoms with van der Waals surface area (Å²) < 4.78 is 37.7. The minimum atomic E-state index is -3.26. The van der Waals surface area contributed by atoms with Gasteiger partial charge in [-0.15, -0.1) is 0 Å². The first-order valence-electron chi connectivity index (χ1n) is 7.16. The summed E-state index contributed by atoms with van der Waals surface area (Å²) in [4.78, 5) is 12.3. The maximum absolute atomic E-state index is 12.3. The smallest absolute Gasteiger partial charge is 0.254 e. The molecular weight excluding hydrogens is 321 g/mol. The first-order chi connectivity index (χ1) is 11.0. The van der Waals surface area contributed by atoms with Gasteiger partial charge in [-0.05, 0) is 11.1 Å². The number of halogens is 1. The number of amides is 1. The number of benzene rings is 1. The SMILES string of the molecule is O=C(N[C@H]1CS(=O)(=O)Cc2ccccc21)c1cnn(CCF)c1. The number of fused-ring (bicyclic) bond motifs is 1. The molecule has 0 unspecified atom stereocenters. The number of nitrogens with zero attached hydrogens (tertiary/aromatic N) is 2. The van der Waals surface area contributed by atoms with Gasteiger partial charge in [0.1, 0.15) is 6.67 Å². The topological polar surface area (TPSA) is 81.1 Å². The Bertz CT molecular complexity index is 832. The van der Waals surface area contributed by atoms with Gasteiger partial charge < -0.3 is 5.32 Å². The van der Waals surface area contributed by atoms with E-state index in [0.29, 0.717) is 5.56 Å². The first kappa shape index (κ1) is 15.7. The van der Waals surface area contributed by atoms with Crippen LogP contribution in [0.25, 0.3) is 0 Å². The number of aryl methyl sites for hydroxylation is 1. The Kier molecular flexibility index (Phi) is 4.16. The van der Waals surface area contributed by atoms with Gasteiger partial charge in [0.25, 0.3) is 5.91 Å². The molecular formula is C15H16FN3O3S. The first-order valence-corrected chi connectivity index (χ1v) is 8.98. The molecule has 0 fully saturated rings. The van der Waals surface area contributed by atoms with E-state index in [9.17, 15) is 17.6 Å². The Labute approximate surface area is 133 Å². The van der Waals surface area contributed by atoms with Gasteiger partial charge in [0.15, 0.2) is 9.84 Å². The third-order valence-electron chi connectivity index (χ3n) is 3.74. The Morgan fingerprint density at radius 2 is 2.17 bits per heavy atom. The second-order valence-corrected chi connectivity index (χ2v) is 7.57. The van der Waals surface area contributed by atoms with Crippen molar-refractivity contribution in [1.29, 1.82) is 0 Å². The number of aromatic nitrogens is 2. The van der Waals surface area contributed by atoms with Gasteiger partial charge in [0.05, 0.1) is 35.9 Å². The number of carbonyl (C=O) groups is 1. The van der Waals surface area contributed by atoms with E-state index in [1.807, 2.05) is 12.1 Å². The van der Waals surface area contributed by atoms with Crippen molar-refractivity contribution in [3.05, 3.63) is 53.3 Å². The zero-order valence-corrected chi connectivity index (χ0v) is 13.1. The summed E-state index contributed by atoms with van der Waals surface area (Å²) in [5, 5.41) is 6.63. The highest BCUT2D eigenvalue weighted by molar-refractivity contribution is 7.90. The minimum Gasteiger partial charge on any atom is -0.344 e. The molecule has 0 bridgehead atoms. The van der Waals surface area contributed by atoms with Crippen molar-refractivity contribution >= 4 is 15.7 Å². The van der Waals surface area contributed by atoms with Crippen LogP contribution in [0, 0.1) is 0 Å². The van der Waals surface area contributed by atoms with Crippen LogP contribution >= 0.6 is 0 Å². The van der Waals surface area contributed by atoms with Gasteiger partial charge in [-0.2, -0.15) is 5.10 Å². The zero-order valence-electron chi connectivity index (χ0n) is 12.3. The van der Waals surface area contributed by atoms with E-state index in [4.69, 9.17) is 0 Å². The number of hydrogen-bond donors (Lipinski definition) is 1. The number of hydrogen-bond acceptors (Lipinski definition) is 4. The van der Waals surface area contributed by atoms with Crippen LogP contribution in [0.5, 0.6) is 0 Å². The molecule has 0 radical (unpaired) electrons. The predicted molar refractivity (Wildman–Crippen MR) is 82.3 cm³/mol. The Morgan fingerprint density at radius 1 is 1.39 bits per heavy atom. The van der Waals surface area contributed by atoms with Crippen molar-refractivity contribution in [1.82, 2.24) is 15.1 Å². The summed E-state index contributed by atoms with van der Waals surface area (Å²) in [7, 11) is -3.26. The number of rotatable bonds is 4.